The molecule has 1 heterocycles. The van der Waals surface area contributed by atoms with Crippen LogP contribution in [0.15, 0.2) is 35.1 Å². The van der Waals surface area contributed by atoms with Crippen molar-refractivity contribution >= 4 is 27.5 Å². The highest BCUT2D eigenvalue weighted by molar-refractivity contribution is 9.10. The van der Waals surface area contributed by atoms with Crippen LogP contribution in [-0.2, 0) is 0 Å². The van der Waals surface area contributed by atoms with Crippen LogP contribution in [0.4, 0.5) is 0 Å². The standard InChI is InChI=1S/C14H14BrClN2O/c1-3-9(2)10-6-4-5-7-11(10)19-14-12(15)13(16)17-8-18-14/h4-9H,3H2,1-2H3. The summed E-state index contributed by atoms with van der Waals surface area (Å²) in [6, 6.07) is 7.96. The van der Waals surface area contributed by atoms with E-state index in [1.165, 1.54) is 6.33 Å². The number of aromatic nitrogens is 2. The molecule has 0 fully saturated rings. The van der Waals surface area contributed by atoms with Crippen LogP contribution in [0.3, 0.4) is 0 Å². The molecule has 1 aromatic carbocycles. The Kier molecular flexibility index (Phi) is 4.77. The summed E-state index contributed by atoms with van der Waals surface area (Å²) in [6.07, 6.45) is 2.43. The van der Waals surface area contributed by atoms with Gasteiger partial charge in [-0.3, -0.25) is 0 Å². The van der Waals surface area contributed by atoms with Crippen molar-refractivity contribution in [3.05, 3.63) is 45.8 Å². The van der Waals surface area contributed by atoms with Gasteiger partial charge in [0.2, 0.25) is 5.88 Å². The van der Waals surface area contributed by atoms with Gasteiger partial charge in [0.1, 0.15) is 16.5 Å². The lowest BCUT2D eigenvalue weighted by molar-refractivity contribution is 0.447. The average molecular weight is 342 g/mol. The number of nitrogens with zero attached hydrogens (tertiary/aromatic N) is 2. The quantitative estimate of drug-likeness (QED) is 0.717. The fourth-order valence-electron chi connectivity index (χ4n) is 1.71. The Labute approximate surface area is 126 Å². The average Bonchev–Trinajstić information content (AvgIpc) is 2.43. The molecule has 0 aliphatic carbocycles. The normalized spacial score (nSPS) is 12.2. The number of hydrogen-bond acceptors (Lipinski definition) is 3. The van der Waals surface area contributed by atoms with Gasteiger partial charge in [0.15, 0.2) is 5.15 Å². The van der Waals surface area contributed by atoms with Gasteiger partial charge in [-0.15, -0.1) is 0 Å². The molecule has 0 amide bonds. The molecule has 0 radical (unpaired) electrons. The molecule has 0 spiro atoms. The van der Waals surface area contributed by atoms with Gasteiger partial charge in [-0.25, -0.2) is 9.97 Å². The third-order valence-electron chi connectivity index (χ3n) is 2.98. The summed E-state index contributed by atoms with van der Waals surface area (Å²) in [5, 5.41) is 0.339. The van der Waals surface area contributed by atoms with Gasteiger partial charge >= 0.3 is 0 Å². The minimum absolute atomic E-state index is 0.339. The first kappa shape index (κ1) is 14.3. The summed E-state index contributed by atoms with van der Waals surface area (Å²) in [4.78, 5) is 7.98. The molecular weight excluding hydrogens is 328 g/mol. The van der Waals surface area contributed by atoms with Crippen molar-refractivity contribution in [2.45, 2.75) is 26.2 Å². The lowest BCUT2D eigenvalue weighted by Crippen LogP contribution is -1.98. The number of rotatable bonds is 4. The summed E-state index contributed by atoms with van der Waals surface area (Å²) < 4.78 is 6.43. The predicted molar refractivity (Wildman–Crippen MR) is 80.0 cm³/mol. The van der Waals surface area contributed by atoms with Crippen molar-refractivity contribution in [2.24, 2.45) is 0 Å². The van der Waals surface area contributed by atoms with Crippen molar-refractivity contribution in [3.63, 3.8) is 0 Å². The zero-order valence-electron chi connectivity index (χ0n) is 10.7. The fourth-order valence-corrected chi connectivity index (χ4v) is 2.12. The number of hydrogen-bond donors (Lipinski definition) is 0. The molecule has 5 heteroatoms. The molecule has 0 saturated heterocycles. The molecule has 3 nitrogen and oxygen atoms in total. The minimum Gasteiger partial charge on any atom is -0.437 e. The Balaban J connectivity index is 2.36. The first-order valence-electron chi connectivity index (χ1n) is 6.06. The Morgan fingerprint density at radius 1 is 1.32 bits per heavy atom. The summed E-state index contributed by atoms with van der Waals surface area (Å²) in [6.45, 7) is 4.32. The zero-order chi connectivity index (χ0) is 13.8. The topological polar surface area (TPSA) is 35.0 Å². The molecule has 0 aliphatic heterocycles. The first-order chi connectivity index (χ1) is 9.13. The Hall–Kier alpha value is -1.13. The number of para-hydroxylation sites is 1. The first-order valence-corrected chi connectivity index (χ1v) is 7.23. The van der Waals surface area contributed by atoms with Crippen LogP contribution < -0.4 is 4.74 Å². The molecule has 2 aromatic rings. The Morgan fingerprint density at radius 2 is 2.05 bits per heavy atom. The van der Waals surface area contributed by atoms with Gasteiger partial charge in [0, 0.05) is 0 Å². The van der Waals surface area contributed by atoms with E-state index in [9.17, 15) is 0 Å². The van der Waals surface area contributed by atoms with Gasteiger partial charge in [-0.1, -0.05) is 43.6 Å². The van der Waals surface area contributed by atoms with Gasteiger partial charge in [0.05, 0.1) is 0 Å². The van der Waals surface area contributed by atoms with Crippen LogP contribution in [0.5, 0.6) is 11.6 Å². The van der Waals surface area contributed by atoms with E-state index in [4.69, 9.17) is 16.3 Å². The van der Waals surface area contributed by atoms with Gasteiger partial charge in [-0.05, 0) is 39.9 Å². The molecule has 100 valence electrons. The fraction of sp³-hybridized carbons (Fsp3) is 0.286. The summed E-state index contributed by atoms with van der Waals surface area (Å²) in [5.74, 6) is 1.65. The van der Waals surface area contributed by atoms with Gasteiger partial charge < -0.3 is 4.74 Å². The second-order valence-electron chi connectivity index (χ2n) is 4.23. The maximum absolute atomic E-state index is 5.93. The van der Waals surface area contributed by atoms with Crippen LogP contribution in [0.1, 0.15) is 31.7 Å². The SMILES string of the molecule is CCC(C)c1ccccc1Oc1ncnc(Cl)c1Br. The molecule has 1 aromatic heterocycles. The van der Waals surface area contributed by atoms with E-state index in [1.54, 1.807) is 0 Å². The van der Waals surface area contributed by atoms with Crippen LogP contribution in [-0.4, -0.2) is 9.97 Å². The second-order valence-corrected chi connectivity index (χ2v) is 5.38. The number of benzene rings is 1. The van der Waals surface area contributed by atoms with Gasteiger partial charge in [-0.2, -0.15) is 0 Å². The second kappa shape index (κ2) is 6.35. The lowest BCUT2D eigenvalue weighted by atomic mass is 9.98. The van der Waals surface area contributed by atoms with E-state index in [-0.39, 0.29) is 0 Å². The molecule has 0 N–H and O–H groups in total. The summed E-state index contributed by atoms with van der Waals surface area (Å²) in [5.41, 5.74) is 1.16. The molecule has 0 aliphatic rings. The van der Waals surface area contributed by atoms with E-state index >= 15 is 0 Å². The van der Waals surface area contributed by atoms with Crippen molar-refractivity contribution in [1.82, 2.24) is 9.97 Å². The Morgan fingerprint density at radius 3 is 2.79 bits per heavy atom. The van der Waals surface area contributed by atoms with E-state index in [2.05, 4.69) is 45.8 Å². The van der Waals surface area contributed by atoms with E-state index in [0.717, 1.165) is 17.7 Å². The lowest BCUT2D eigenvalue weighted by Gasteiger charge is -2.15. The maximum Gasteiger partial charge on any atom is 0.238 e. The third kappa shape index (κ3) is 3.25. The smallest absolute Gasteiger partial charge is 0.238 e. The van der Waals surface area contributed by atoms with Crippen molar-refractivity contribution < 1.29 is 4.74 Å². The molecular formula is C14H14BrClN2O. The molecule has 2 rings (SSSR count). The van der Waals surface area contributed by atoms with E-state index < -0.39 is 0 Å². The Bertz CT molecular complexity index is 577. The van der Waals surface area contributed by atoms with Crippen LogP contribution in [0.25, 0.3) is 0 Å². The van der Waals surface area contributed by atoms with Crippen LogP contribution in [0.2, 0.25) is 5.15 Å². The van der Waals surface area contributed by atoms with Crippen molar-refractivity contribution in [1.29, 1.82) is 0 Å². The third-order valence-corrected chi connectivity index (χ3v) is 4.21. The minimum atomic E-state index is 0.339. The summed E-state index contributed by atoms with van der Waals surface area (Å²) in [7, 11) is 0. The highest BCUT2D eigenvalue weighted by Gasteiger charge is 2.14. The molecule has 0 bridgehead atoms. The molecule has 19 heavy (non-hydrogen) atoms. The van der Waals surface area contributed by atoms with Crippen molar-refractivity contribution in [3.8, 4) is 11.6 Å². The van der Waals surface area contributed by atoms with Crippen molar-refractivity contribution in [2.75, 3.05) is 0 Å². The van der Waals surface area contributed by atoms with E-state index in [0.29, 0.717) is 21.4 Å². The van der Waals surface area contributed by atoms with Crippen LogP contribution in [0, 0.1) is 0 Å². The van der Waals surface area contributed by atoms with E-state index in [1.807, 2.05) is 18.2 Å². The largest absolute Gasteiger partial charge is 0.437 e. The molecule has 0 saturated carbocycles. The maximum atomic E-state index is 5.93. The number of ether oxygens (including phenoxy) is 1. The number of halogens is 2. The molecule has 1 atom stereocenters. The highest BCUT2D eigenvalue weighted by atomic mass is 79.9. The van der Waals surface area contributed by atoms with Crippen LogP contribution >= 0.6 is 27.5 Å². The summed E-state index contributed by atoms with van der Waals surface area (Å²) >= 11 is 9.27. The monoisotopic (exact) mass is 340 g/mol. The predicted octanol–water partition coefficient (Wildman–Crippen LogP) is 5.20. The van der Waals surface area contributed by atoms with Gasteiger partial charge in [0.25, 0.3) is 0 Å². The molecule has 1 unspecified atom stereocenters. The zero-order valence-corrected chi connectivity index (χ0v) is 13.1. The highest BCUT2D eigenvalue weighted by Crippen LogP contribution is 2.35.